The maximum atomic E-state index is 14.4. The lowest BCUT2D eigenvalue weighted by Gasteiger charge is -2.41. The van der Waals surface area contributed by atoms with E-state index in [1.165, 1.54) is 0 Å². The molecule has 11 atom stereocenters. The topological polar surface area (TPSA) is 176 Å². The van der Waals surface area contributed by atoms with E-state index in [0.717, 1.165) is 43.2 Å². The van der Waals surface area contributed by atoms with Crippen molar-refractivity contribution < 1.29 is 33.4 Å². The van der Waals surface area contributed by atoms with Crippen LogP contribution in [0.5, 0.6) is 0 Å². The second kappa shape index (κ2) is 22.3. The monoisotopic (exact) mass is 860 g/mol. The molecule has 0 spiro atoms. The summed E-state index contributed by atoms with van der Waals surface area (Å²) < 4.78 is 12.1. The molecule has 5 N–H and O–H groups in total. The number of carbonyl (C=O) groups is 5. The van der Waals surface area contributed by atoms with Crippen molar-refractivity contribution >= 4 is 35.2 Å². The molecule has 3 fully saturated rings. The highest BCUT2D eigenvalue weighted by molar-refractivity contribution is 5.97. The first-order valence-corrected chi connectivity index (χ1v) is 22.7. The normalized spacial score (nSPS) is 23.2. The maximum Gasteiger partial charge on any atom is 0.247 e. The fourth-order valence-electron chi connectivity index (χ4n) is 10.2. The van der Waals surface area contributed by atoms with Crippen LogP contribution in [0, 0.1) is 23.7 Å². The average Bonchev–Trinajstić information content (AvgIpc) is 4.03. The van der Waals surface area contributed by atoms with E-state index >= 15 is 0 Å². The number of likely N-dealkylation sites (N-methyl/N-ethyl adjacent to an activating group) is 2. The van der Waals surface area contributed by atoms with E-state index in [9.17, 15) is 24.0 Å². The second-order valence-corrected chi connectivity index (χ2v) is 18.3. The van der Waals surface area contributed by atoms with E-state index in [2.05, 4.69) is 34.7 Å². The Morgan fingerprint density at radius 3 is 2.16 bits per heavy atom. The van der Waals surface area contributed by atoms with Crippen LogP contribution in [0.25, 0.3) is 0 Å². The van der Waals surface area contributed by atoms with Gasteiger partial charge in [-0.15, -0.1) is 0 Å². The summed E-state index contributed by atoms with van der Waals surface area (Å²) in [5.74, 6) is -1.79. The van der Waals surface area contributed by atoms with Gasteiger partial charge in [0, 0.05) is 52.5 Å². The summed E-state index contributed by atoms with van der Waals surface area (Å²) in [6.45, 7) is 10.6. The molecule has 0 aromatic heterocycles. The van der Waals surface area contributed by atoms with Crippen LogP contribution >= 0.6 is 0 Å². The quantitative estimate of drug-likeness (QED) is 0.142. The van der Waals surface area contributed by atoms with Crippen LogP contribution in [0.1, 0.15) is 90.7 Å². The van der Waals surface area contributed by atoms with Crippen LogP contribution in [0.4, 0.5) is 5.69 Å². The van der Waals surface area contributed by atoms with Crippen molar-refractivity contribution in [1.82, 2.24) is 25.3 Å². The summed E-state index contributed by atoms with van der Waals surface area (Å²) in [6.07, 6.45) is 4.23. The van der Waals surface area contributed by atoms with Crippen molar-refractivity contribution in [2.75, 3.05) is 40.2 Å². The number of piperidine rings is 1. The number of nitrogens with zero attached hydrogens (tertiary/aromatic N) is 3. The fourth-order valence-corrected chi connectivity index (χ4v) is 10.2. The molecule has 14 nitrogen and oxygen atoms in total. The predicted octanol–water partition coefficient (Wildman–Crippen LogP) is 4.36. The molecule has 2 aromatic rings. The molecule has 2 bridgehead atoms. The number of carbonyl (C=O) groups excluding carboxylic acids is 5. The summed E-state index contributed by atoms with van der Waals surface area (Å²) in [6, 6.07) is 14.5. The zero-order valence-electron chi connectivity index (χ0n) is 38.5. The van der Waals surface area contributed by atoms with Crippen molar-refractivity contribution in [3.05, 3.63) is 65.7 Å². The lowest BCUT2D eigenvalue weighted by Crippen LogP contribution is -2.60. The summed E-state index contributed by atoms with van der Waals surface area (Å²) in [5.41, 5.74) is 8.17. The molecule has 62 heavy (non-hydrogen) atoms. The zero-order valence-corrected chi connectivity index (χ0v) is 38.5. The lowest BCUT2D eigenvalue weighted by molar-refractivity contribution is -0.148. The molecular formula is C48H73N7O7. The van der Waals surface area contributed by atoms with E-state index in [0.29, 0.717) is 37.2 Å². The van der Waals surface area contributed by atoms with Crippen LogP contribution in [0.15, 0.2) is 54.6 Å². The number of nitrogens with two attached hydrogens (primary N) is 1. The van der Waals surface area contributed by atoms with Crippen LogP contribution in [-0.4, -0.2) is 128 Å². The number of likely N-dealkylation sites (tertiary alicyclic amines) is 2. The molecule has 14 heteroatoms. The predicted molar refractivity (Wildman–Crippen MR) is 241 cm³/mol. The summed E-state index contributed by atoms with van der Waals surface area (Å²) in [4.78, 5) is 76.0. The standard InChI is InChI=1S/C48H73N7O7/c1-10-30(4)42(54(7)48(60)41(29(2)3)52-47(59)43-34-20-23-36(26-34)53(43)6)39(61-8)27-40(56)55-24-14-17-38(55)44(62-9)31(5)45(57)51-37(25-32-15-12-11-13-16-32)46(58)50-35-21-18-33(28-49)19-22-35/h11-13,15-16,18-19,21-22,29-31,34,36-39,41-44H,10,14,17,20,23-28,49H2,1-9H3,(H,50,58)(H,51,57)(H,52,59)/t30?,31?,34-,36+,37?,38-,39?,41?,42?,43-,44?/m0/s1. The fraction of sp³-hybridized carbons (Fsp3) is 0.646. The highest BCUT2D eigenvalue weighted by Crippen LogP contribution is 2.41. The summed E-state index contributed by atoms with van der Waals surface area (Å²) in [5, 5.41) is 9.08. The summed E-state index contributed by atoms with van der Waals surface area (Å²) in [7, 11) is 6.88. The minimum absolute atomic E-state index is 0.0108. The Balaban J connectivity index is 1.27. The van der Waals surface area contributed by atoms with Gasteiger partial charge in [0.1, 0.15) is 12.1 Å². The van der Waals surface area contributed by atoms with Gasteiger partial charge in [0.15, 0.2) is 0 Å². The molecule has 342 valence electrons. The number of ether oxygens (including phenoxy) is 2. The van der Waals surface area contributed by atoms with Gasteiger partial charge in [-0.3, -0.25) is 28.9 Å². The molecule has 2 aromatic carbocycles. The number of fused-ring (bicyclic) bond motifs is 2. The minimum Gasteiger partial charge on any atom is -0.379 e. The van der Waals surface area contributed by atoms with Crippen LogP contribution in [-0.2, 0) is 46.4 Å². The van der Waals surface area contributed by atoms with E-state index < -0.39 is 42.3 Å². The van der Waals surface area contributed by atoms with Gasteiger partial charge in [-0.2, -0.15) is 0 Å². The third-order valence-corrected chi connectivity index (χ3v) is 14.0. The zero-order chi connectivity index (χ0) is 45.2. The first kappa shape index (κ1) is 48.7. The Hall–Kier alpha value is -4.37. The van der Waals surface area contributed by atoms with Crippen LogP contribution < -0.4 is 21.7 Å². The molecule has 0 radical (unpaired) electrons. The van der Waals surface area contributed by atoms with Gasteiger partial charge >= 0.3 is 0 Å². The minimum atomic E-state index is -0.886. The highest BCUT2D eigenvalue weighted by atomic mass is 16.5. The van der Waals surface area contributed by atoms with Crippen molar-refractivity contribution in [2.24, 2.45) is 29.4 Å². The van der Waals surface area contributed by atoms with Gasteiger partial charge < -0.3 is 41.0 Å². The molecule has 3 aliphatic rings. The SMILES string of the molecule is CCC(C)C(C(CC(=O)N1CCC[C@H]1C(OC)C(C)C(=O)NC(Cc1ccccc1)C(=O)Nc1ccc(CN)cc1)OC)N(C)C(=O)C(NC(=O)[C@@H]1[C@H]2CC[C@H](C2)N1C)C(C)C. The van der Waals surface area contributed by atoms with Gasteiger partial charge in [0.2, 0.25) is 29.5 Å². The van der Waals surface area contributed by atoms with Crippen LogP contribution in [0.3, 0.4) is 0 Å². The Kier molecular flexibility index (Phi) is 17.5. The van der Waals surface area contributed by atoms with E-state index in [4.69, 9.17) is 15.2 Å². The van der Waals surface area contributed by atoms with Gasteiger partial charge in [-0.05, 0) is 80.2 Å². The maximum absolute atomic E-state index is 14.4. The number of hydrogen-bond acceptors (Lipinski definition) is 9. The number of amides is 5. The first-order valence-electron chi connectivity index (χ1n) is 22.7. The highest BCUT2D eigenvalue weighted by Gasteiger charge is 2.49. The van der Waals surface area contributed by atoms with Crippen molar-refractivity contribution in [1.29, 1.82) is 0 Å². The molecule has 2 saturated heterocycles. The van der Waals surface area contributed by atoms with Gasteiger partial charge in [-0.25, -0.2) is 0 Å². The number of benzene rings is 2. The van der Waals surface area contributed by atoms with Gasteiger partial charge in [0.25, 0.3) is 0 Å². The molecule has 5 rings (SSSR count). The molecule has 2 aliphatic heterocycles. The van der Waals surface area contributed by atoms with E-state index in [1.54, 1.807) is 50.1 Å². The lowest BCUT2D eigenvalue weighted by atomic mass is 9.89. The Morgan fingerprint density at radius 1 is 0.887 bits per heavy atom. The summed E-state index contributed by atoms with van der Waals surface area (Å²) >= 11 is 0. The number of rotatable bonds is 21. The molecule has 5 amide bonds. The third kappa shape index (κ3) is 11.4. The second-order valence-electron chi connectivity index (χ2n) is 18.3. The first-order chi connectivity index (χ1) is 29.6. The molecule has 1 aliphatic carbocycles. The molecule has 2 heterocycles. The smallest absolute Gasteiger partial charge is 0.247 e. The van der Waals surface area contributed by atoms with Gasteiger partial charge in [-0.1, -0.05) is 83.5 Å². The van der Waals surface area contributed by atoms with E-state index in [1.807, 2.05) is 63.4 Å². The van der Waals surface area contributed by atoms with Gasteiger partial charge in [0.05, 0.1) is 42.7 Å². The van der Waals surface area contributed by atoms with Crippen molar-refractivity contribution in [3.63, 3.8) is 0 Å². The Labute approximate surface area is 369 Å². The molecular weight excluding hydrogens is 787 g/mol. The Bertz CT molecular complexity index is 1810. The van der Waals surface area contributed by atoms with Crippen molar-refractivity contribution in [2.45, 2.75) is 141 Å². The van der Waals surface area contributed by atoms with Crippen molar-refractivity contribution in [3.8, 4) is 0 Å². The molecule has 7 unspecified atom stereocenters. The molecule has 1 saturated carbocycles. The number of hydrogen-bond donors (Lipinski definition) is 4. The number of anilines is 1. The Morgan fingerprint density at radius 2 is 1.58 bits per heavy atom. The number of nitrogens with one attached hydrogen (secondary N) is 3. The third-order valence-electron chi connectivity index (χ3n) is 14.0. The largest absolute Gasteiger partial charge is 0.379 e. The van der Waals surface area contributed by atoms with Crippen LogP contribution in [0.2, 0.25) is 0 Å². The number of methoxy groups -OCH3 is 2. The average molecular weight is 860 g/mol. The van der Waals surface area contributed by atoms with E-state index in [-0.39, 0.29) is 60.3 Å².